The summed E-state index contributed by atoms with van der Waals surface area (Å²) in [5.74, 6) is 0. The van der Waals surface area contributed by atoms with E-state index in [0.717, 1.165) is 16.5 Å². The Hall–Kier alpha value is -1.02. The van der Waals surface area contributed by atoms with Crippen LogP contribution in [-0.2, 0) is 6.42 Å². The van der Waals surface area contributed by atoms with Gasteiger partial charge in [-0.3, -0.25) is 0 Å². The standard InChI is InChI=1S/C10H9ClFN/c11-10(12)5-7-6-13-9-4-2-1-3-8(7)9/h1-4,6,10,13H,5H2. The van der Waals surface area contributed by atoms with Gasteiger partial charge in [-0.05, 0) is 11.6 Å². The maximum atomic E-state index is 12.5. The van der Waals surface area contributed by atoms with Crippen molar-refractivity contribution in [2.45, 2.75) is 12.1 Å². The summed E-state index contributed by atoms with van der Waals surface area (Å²) in [6.07, 6.45) is 2.06. The summed E-state index contributed by atoms with van der Waals surface area (Å²) in [6.45, 7) is 0. The first kappa shape index (κ1) is 8.57. The van der Waals surface area contributed by atoms with Crippen molar-refractivity contribution in [3.63, 3.8) is 0 Å². The second-order valence-corrected chi connectivity index (χ2v) is 3.43. The lowest BCUT2D eigenvalue weighted by molar-refractivity contribution is 0.443. The van der Waals surface area contributed by atoms with Crippen LogP contribution in [0, 0.1) is 0 Å². The Labute approximate surface area is 80.5 Å². The van der Waals surface area contributed by atoms with Gasteiger partial charge in [0, 0.05) is 23.5 Å². The number of halogens is 2. The zero-order chi connectivity index (χ0) is 9.26. The van der Waals surface area contributed by atoms with Crippen LogP contribution in [0.2, 0.25) is 0 Å². The van der Waals surface area contributed by atoms with Gasteiger partial charge >= 0.3 is 0 Å². The quantitative estimate of drug-likeness (QED) is 0.712. The first-order chi connectivity index (χ1) is 6.27. The van der Waals surface area contributed by atoms with Gasteiger partial charge < -0.3 is 4.98 Å². The smallest absolute Gasteiger partial charge is 0.177 e. The molecule has 2 aromatic rings. The molecule has 3 heteroatoms. The van der Waals surface area contributed by atoms with Crippen LogP contribution in [0.4, 0.5) is 4.39 Å². The van der Waals surface area contributed by atoms with Gasteiger partial charge in [-0.25, -0.2) is 4.39 Å². The maximum absolute atomic E-state index is 12.5. The lowest BCUT2D eigenvalue weighted by atomic mass is 10.1. The number of rotatable bonds is 2. The van der Waals surface area contributed by atoms with Crippen molar-refractivity contribution in [3.05, 3.63) is 36.0 Å². The minimum atomic E-state index is -1.31. The van der Waals surface area contributed by atoms with Crippen LogP contribution in [0.15, 0.2) is 30.5 Å². The maximum Gasteiger partial charge on any atom is 0.177 e. The fourth-order valence-corrected chi connectivity index (χ4v) is 1.63. The highest BCUT2D eigenvalue weighted by molar-refractivity contribution is 6.19. The minimum absolute atomic E-state index is 0.256. The van der Waals surface area contributed by atoms with E-state index in [1.54, 1.807) is 6.20 Å². The van der Waals surface area contributed by atoms with E-state index in [9.17, 15) is 4.39 Å². The second-order valence-electron chi connectivity index (χ2n) is 2.95. The van der Waals surface area contributed by atoms with Crippen molar-refractivity contribution in [3.8, 4) is 0 Å². The zero-order valence-corrected chi connectivity index (χ0v) is 7.68. The van der Waals surface area contributed by atoms with Gasteiger partial charge in [-0.2, -0.15) is 0 Å². The Balaban J connectivity index is 2.46. The van der Waals surface area contributed by atoms with Crippen LogP contribution >= 0.6 is 11.6 Å². The van der Waals surface area contributed by atoms with Crippen LogP contribution in [0.25, 0.3) is 10.9 Å². The number of alkyl halides is 2. The van der Waals surface area contributed by atoms with Crippen molar-refractivity contribution >= 4 is 22.5 Å². The Kier molecular flexibility index (Phi) is 2.23. The summed E-state index contributed by atoms with van der Waals surface area (Å²) in [5, 5.41) is 1.05. The molecule has 0 amide bonds. The molecule has 0 spiro atoms. The fraction of sp³-hybridized carbons (Fsp3) is 0.200. The summed E-state index contributed by atoms with van der Waals surface area (Å²) in [6, 6.07) is 7.79. The number of benzene rings is 1. The van der Waals surface area contributed by atoms with Crippen LogP contribution < -0.4 is 0 Å². The van der Waals surface area contributed by atoms with Gasteiger partial charge in [0.15, 0.2) is 5.63 Å². The molecule has 2 rings (SSSR count). The molecular formula is C10H9ClFN. The normalized spacial score (nSPS) is 13.4. The second kappa shape index (κ2) is 3.38. The van der Waals surface area contributed by atoms with Crippen molar-refractivity contribution in [1.29, 1.82) is 0 Å². The molecular weight excluding hydrogens is 189 g/mol. The van der Waals surface area contributed by atoms with E-state index in [2.05, 4.69) is 4.98 Å². The van der Waals surface area contributed by atoms with Crippen molar-refractivity contribution in [1.82, 2.24) is 4.98 Å². The third kappa shape index (κ3) is 1.68. The molecule has 0 bridgehead atoms. The van der Waals surface area contributed by atoms with E-state index in [1.165, 1.54) is 0 Å². The van der Waals surface area contributed by atoms with E-state index in [0.29, 0.717) is 0 Å². The van der Waals surface area contributed by atoms with E-state index >= 15 is 0 Å². The van der Waals surface area contributed by atoms with Gasteiger partial charge in [-0.15, -0.1) is 0 Å². The highest BCUT2D eigenvalue weighted by Crippen LogP contribution is 2.20. The van der Waals surface area contributed by atoms with E-state index < -0.39 is 5.63 Å². The molecule has 0 radical (unpaired) electrons. The summed E-state index contributed by atoms with van der Waals surface area (Å²) >= 11 is 5.29. The Morgan fingerprint density at radius 2 is 2.15 bits per heavy atom. The number of para-hydroxylation sites is 1. The molecule has 1 heterocycles. The van der Waals surface area contributed by atoms with E-state index in [1.807, 2.05) is 24.3 Å². The summed E-state index contributed by atoms with van der Waals surface area (Å²) in [4.78, 5) is 3.07. The molecule has 0 fully saturated rings. The van der Waals surface area contributed by atoms with Crippen LogP contribution in [0.3, 0.4) is 0 Å². The largest absolute Gasteiger partial charge is 0.361 e. The van der Waals surface area contributed by atoms with Crippen LogP contribution in [-0.4, -0.2) is 10.6 Å². The number of hydrogen-bond donors (Lipinski definition) is 1. The van der Waals surface area contributed by atoms with Crippen molar-refractivity contribution < 1.29 is 4.39 Å². The summed E-state index contributed by atoms with van der Waals surface area (Å²) in [5.41, 5.74) is 0.645. The fourth-order valence-electron chi connectivity index (χ4n) is 1.47. The minimum Gasteiger partial charge on any atom is -0.361 e. The van der Waals surface area contributed by atoms with Crippen LogP contribution in [0.1, 0.15) is 5.56 Å². The summed E-state index contributed by atoms with van der Waals surface area (Å²) in [7, 11) is 0. The molecule has 1 nitrogen and oxygen atoms in total. The average Bonchev–Trinajstić information content (AvgIpc) is 2.48. The predicted molar refractivity (Wildman–Crippen MR) is 52.8 cm³/mol. The first-order valence-electron chi connectivity index (χ1n) is 4.10. The number of aromatic amines is 1. The SMILES string of the molecule is FC(Cl)Cc1c[nH]c2ccccc12. The van der Waals surface area contributed by atoms with Crippen molar-refractivity contribution in [2.75, 3.05) is 0 Å². The van der Waals surface area contributed by atoms with Crippen LogP contribution in [0.5, 0.6) is 0 Å². The molecule has 0 aliphatic rings. The van der Waals surface area contributed by atoms with Crippen molar-refractivity contribution in [2.24, 2.45) is 0 Å². The highest BCUT2D eigenvalue weighted by atomic mass is 35.5. The molecule has 0 saturated carbocycles. The van der Waals surface area contributed by atoms with Gasteiger partial charge in [0.05, 0.1) is 0 Å². The molecule has 1 aromatic carbocycles. The molecule has 1 atom stereocenters. The summed E-state index contributed by atoms with van der Waals surface area (Å²) < 4.78 is 12.5. The van der Waals surface area contributed by atoms with Gasteiger partial charge in [-0.1, -0.05) is 29.8 Å². The third-order valence-electron chi connectivity index (χ3n) is 2.05. The van der Waals surface area contributed by atoms with Gasteiger partial charge in [0.2, 0.25) is 0 Å². The lowest BCUT2D eigenvalue weighted by Crippen LogP contribution is -1.93. The molecule has 68 valence electrons. The molecule has 1 N–H and O–H groups in total. The predicted octanol–water partition coefficient (Wildman–Crippen LogP) is 3.24. The molecule has 0 saturated heterocycles. The Morgan fingerprint density at radius 1 is 1.38 bits per heavy atom. The number of H-pyrrole nitrogens is 1. The molecule has 1 unspecified atom stereocenters. The molecule has 0 aliphatic carbocycles. The third-order valence-corrected chi connectivity index (χ3v) is 2.20. The molecule has 13 heavy (non-hydrogen) atoms. The number of hydrogen-bond acceptors (Lipinski definition) is 0. The monoisotopic (exact) mass is 197 g/mol. The van der Waals surface area contributed by atoms with E-state index in [4.69, 9.17) is 11.6 Å². The van der Waals surface area contributed by atoms with Gasteiger partial charge in [0.1, 0.15) is 0 Å². The number of nitrogens with one attached hydrogen (secondary N) is 1. The zero-order valence-electron chi connectivity index (χ0n) is 6.93. The number of aromatic nitrogens is 1. The number of fused-ring (bicyclic) bond motifs is 1. The van der Waals surface area contributed by atoms with E-state index in [-0.39, 0.29) is 6.42 Å². The molecule has 1 aromatic heterocycles. The topological polar surface area (TPSA) is 15.8 Å². The van der Waals surface area contributed by atoms with Gasteiger partial charge in [0.25, 0.3) is 0 Å². The highest BCUT2D eigenvalue weighted by Gasteiger charge is 2.07. The lowest BCUT2D eigenvalue weighted by Gasteiger charge is -1.97. The average molecular weight is 198 g/mol. The Morgan fingerprint density at radius 3 is 2.92 bits per heavy atom. The first-order valence-corrected chi connectivity index (χ1v) is 4.54. The molecule has 0 aliphatic heterocycles. The Bertz CT molecular complexity index is 408.